The molecule has 1 saturated heterocycles. The van der Waals surface area contributed by atoms with Crippen LogP contribution in [0, 0.1) is 6.92 Å². The third-order valence-electron chi connectivity index (χ3n) is 6.09. The lowest BCUT2D eigenvalue weighted by molar-refractivity contribution is 0.312. The van der Waals surface area contributed by atoms with Gasteiger partial charge < -0.3 is 9.87 Å². The molecule has 1 aliphatic heterocycles. The number of rotatable bonds is 6. The van der Waals surface area contributed by atoms with Gasteiger partial charge in [0, 0.05) is 43.7 Å². The number of aryl methyl sites for hydroxylation is 1. The van der Waals surface area contributed by atoms with Crippen molar-refractivity contribution in [3.63, 3.8) is 0 Å². The number of fused-ring (bicyclic) bond motifs is 1. The van der Waals surface area contributed by atoms with E-state index >= 15 is 0 Å². The van der Waals surface area contributed by atoms with Gasteiger partial charge in [-0.2, -0.15) is 9.61 Å². The van der Waals surface area contributed by atoms with Crippen LogP contribution in [0.2, 0.25) is 0 Å². The number of nitrogens with one attached hydrogen (secondary N) is 1. The Hall–Kier alpha value is -2.88. The Morgan fingerprint density at radius 3 is 2.94 bits per heavy atom. The SMILES string of the molecule is Bc1cnn2c(NCc3cccnc3)cc(C3CCCN([S+]([O-])c4cccc(C)c4)C3)nc12. The molecular formula is C24H27BN6OS. The molecule has 33 heavy (non-hydrogen) atoms. The maximum atomic E-state index is 13.3. The molecule has 3 aromatic heterocycles. The quantitative estimate of drug-likeness (QED) is 0.353. The van der Waals surface area contributed by atoms with Crippen molar-refractivity contribution in [2.45, 2.75) is 37.1 Å². The van der Waals surface area contributed by atoms with E-state index < -0.39 is 11.4 Å². The van der Waals surface area contributed by atoms with E-state index in [2.05, 4.69) is 25.8 Å². The summed E-state index contributed by atoms with van der Waals surface area (Å²) < 4.78 is 17.2. The van der Waals surface area contributed by atoms with Gasteiger partial charge in [-0.15, -0.1) is 4.31 Å². The molecule has 9 heteroatoms. The number of hydrogen-bond acceptors (Lipinski definition) is 6. The minimum absolute atomic E-state index is 0.214. The molecule has 1 aliphatic rings. The molecule has 2 unspecified atom stereocenters. The first-order valence-corrected chi connectivity index (χ1v) is 12.4. The van der Waals surface area contributed by atoms with Gasteiger partial charge in [-0.05, 0) is 54.6 Å². The fraction of sp³-hybridized carbons (Fsp3) is 0.292. The second kappa shape index (κ2) is 9.55. The summed E-state index contributed by atoms with van der Waals surface area (Å²) in [6, 6.07) is 14.1. The standard InChI is InChI=1S/C24H27BN6OS/c1-17-5-2-8-20(11-17)33(32)30-10-4-7-19(16-30)22-12-23(27-14-18-6-3-9-26-13-18)31-24(29-22)21(25)15-28-31/h2-3,5-6,8-9,11-13,15,19,27H,4,7,10,14,16,25H2,1H3. The summed E-state index contributed by atoms with van der Waals surface area (Å²) in [4.78, 5) is 10.0. The molecule has 0 amide bonds. The first kappa shape index (κ1) is 21.9. The van der Waals surface area contributed by atoms with Crippen LogP contribution in [0.3, 0.4) is 0 Å². The average molecular weight is 458 g/mol. The van der Waals surface area contributed by atoms with E-state index in [4.69, 9.17) is 4.98 Å². The minimum Gasteiger partial charge on any atom is -0.593 e. The molecule has 0 aliphatic carbocycles. The topological polar surface area (TPSA) is 81.4 Å². The van der Waals surface area contributed by atoms with Crippen LogP contribution in [0.5, 0.6) is 0 Å². The average Bonchev–Trinajstić information content (AvgIpc) is 3.23. The fourth-order valence-corrected chi connectivity index (χ4v) is 5.72. The van der Waals surface area contributed by atoms with Crippen LogP contribution in [0.15, 0.2) is 66.0 Å². The molecule has 2 atom stereocenters. The van der Waals surface area contributed by atoms with Gasteiger partial charge in [0.1, 0.15) is 13.7 Å². The van der Waals surface area contributed by atoms with Crippen LogP contribution in [-0.4, -0.2) is 49.4 Å². The summed E-state index contributed by atoms with van der Waals surface area (Å²) in [6.45, 7) is 4.24. The van der Waals surface area contributed by atoms with Crippen molar-refractivity contribution in [2.24, 2.45) is 0 Å². The highest BCUT2D eigenvalue weighted by molar-refractivity contribution is 7.89. The predicted octanol–water partition coefficient (Wildman–Crippen LogP) is 2.21. The molecule has 0 radical (unpaired) electrons. The first-order valence-electron chi connectivity index (χ1n) is 11.3. The zero-order chi connectivity index (χ0) is 22.8. The highest BCUT2D eigenvalue weighted by atomic mass is 32.2. The smallest absolute Gasteiger partial charge is 0.174 e. The molecule has 4 heterocycles. The van der Waals surface area contributed by atoms with Crippen LogP contribution in [0.25, 0.3) is 5.65 Å². The van der Waals surface area contributed by atoms with E-state index in [9.17, 15) is 4.55 Å². The fourth-order valence-electron chi connectivity index (χ4n) is 4.33. The highest BCUT2D eigenvalue weighted by Crippen LogP contribution is 2.31. The second-order valence-electron chi connectivity index (χ2n) is 8.64. The number of benzene rings is 1. The van der Waals surface area contributed by atoms with Gasteiger partial charge in [-0.25, -0.2) is 4.98 Å². The number of hydrogen-bond donors (Lipinski definition) is 1. The van der Waals surface area contributed by atoms with E-state index in [0.29, 0.717) is 6.54 Å². The summed E-state index contributed by atoms with van der Waals surface area (Å²) in [5.74, 6) is 1.12. The third-order valence-corrected chi connectivity index (χ3v) is 7.55. The van der Waals surface area contributed by atoms with Crippen LogP contribution in [-0.2, 0) is 17.9 Å². The van der Waals surface area contributed by atoms with Crippen molar-refractivity contribution in [3.8, 4) is 0 Å². The molecule has 7 nitrogen and oxygen atoms in total. The van der Waals surface area contributed by atoms with Crippen molar-refractivity contribution < 1.29 is 4.55 Å². The maximum Gasteiger partial charge on any atom is 0.174 e. The van der Waals surface area contributed by atoms with Crippen LogP contribution in [0.1, 0.15) is 35.6 Å². The van der Waals surface area contributed by atoms with Gasteiger partial charge >= 0.3 is 0 Å². The zero-order valence-electron chi connectivity index (χ0n) is 18.9. The normalized spacial score (nSPS) is 17.8. The van der Waals surface area contributed by atoms with Crippen molar-refractivity contribution in [3.05, 3.63) is 77.9 Å². The number of aromatic nitrogens is 4. The predicted molar refractivity (Wildman–Crippen MR) is 134 cm³/mol. The molecule has 4 aromatic rings. The lowest BCUT2D eigenvalue weighted by atomic mass is 9.95. The van der Waals surface area contributed by atoms with Crippen LogP contribution >= 0.6 is 0 Å². The van der Waals surface area contributed by atoms with Gasteiger partial charge in [-0.3, -0.25) is 4.98 Å². The third kappa shape index (κ3) is 4.76. The van der Waals surface area contributed by atoms with E-state index in [0.717, 1.165) is 64.6 Å². The van der Waals surface area contributed by atoms with Crippen molar-refractivity contribution in [1.29, 1.82) is 0 Å². The van der Waals surface area contributed by atoms with Gasteiger partial charge in [0.2, 0.25) is 0 Å². The van der Waals surface area contributed by atoms with Gasteiger partial charge in [0.05, 0.1) is 23.6 Å². The number of pyridine rings is 1. The van der Waals surface area contributed by atoms with E-state index in [1.165, 1.54) is 0 Å². The van der Waals surface area contributed by atoms with Crippen molar-refractivity contribution in [2.75, 3.05) is 18.4 Å². The largest absolute Gasteiger partial charge is 0.593 e. The molecule has 0 saturated carbocycles. The zero-order valence-corrected chi connectivity index (χ0v) is 19.8. The summed E-state index contributed by atoms with van der Waals surface area (Å²) in [5, 5.41) is 8.03. The Labute approximate surface area is 198 Å². The van der Waals surface area contributed by atoms with Crippen molar-refractivity contribution in [1.82, 2.24) is 23.9 Å². The molecule has 168 valence electrons. The first-order chi connectivity index (χ1) is 16.1. The molecule has 1 N–H and O–H groups in total. The maximum absolute atomic E-state index is 13.3. The van der Waals surface area contributed by atoms with Gasteiger partial charge in [0.15, 0.2) is 10.5 Å². The van der Waals surface area contributed by atoms with E-state index in [1.54, 1.807) is 6.20 Å². The molecule has 0 spiro atoms. The highest BCUT2D eigenvalue weighted by Gasteiger charge is 2.31. The van der Waals surface area contributed by atoms with E-state index in [1.807, 2.05) is 68.1 Å². The lowest BCUT2D eigenvalue weighted by Crippen LogP contribution is -2.39. The monoisotopic (exact) mass is 458 g/mol. The summed E-state index contributed by atoms with van der Waals surface area (Å²) in [5.41, 5.74) is 5.15. The molecular weight excluding hydrogens is 431 g/mol. The second-order valence-corrected chi connectivity index (χ2v) is 10.1. The molecule has 1 aromatic carbocycles. The molecule has 0 bridgehead atoms. The number of piperidine rings is 1. The Kier molecular flexibility index (Phi) is 6.35. The molecule has 1 fully saturated rings. The van der Waals surface area contributed by atoms with Crippen LogP contribution in [0.4, 0.5) is 5.82 Å². The van der Waals surface area contributed by atoms with Gasteiger partial charge in [0.25, 0.3) is 0 Å². The van der Waals surface area contributed by atoms with Crippen molar-refractivity contribution >= 4 is 36.1 Å². The number of anilines is 1. The Bertz CT molecular complexity index is 1250. The summed E-state index contributed by atoms with van der Waals surface area (Å²) in [7, 11) is 2.03. The Morgan fingerprint density at radius 1 is 1.21 bits per heavy atom. The summed E-state index contributed by atoms with van der Waals surface area (Å²) >= 11 is -1.17. The molecule has 5 rings (SSSR count). The Morgan fingerprint density at radius 2 is 2.12 bits per heavy atom. The Balaban J connectivity index is 1.40. The summed E-state index contributed by atoms with van der Waals surface area (Å²) in [6.07, 6.45) is 7.51. The van der Waals surface area contributed by atoms with Gasteiger partial charge in [-0.1, -0.05) is 18.2 Å². The van der Waals surface area contributed by atoms with Crippen LogP contribution < -0.4 is 10.8 Å². The number of nitrogens with zero attached hydrogens (tertiary/aromatic N) is 5. The minimum atomic E-state index is -1.17. The lowest BCUT2D eigenvalue weighted by Gasteiger charge is -2.32. The van der Waals surface area contributed by atoms with E-state index in [-0.39, 0.29) is 5.92 Å².